The van der Waals surface area contributed by atoms with E-state index in [-0.39, 0.29) is 17.3 Å². The number of urea groups is 1. The molecular weight excluding hydrogens is 343 g/mol. The van der Waals surface area contributed by atoms with Crippen LogP contribution in [0.2, 0.25) is 0 Å². The normalized spacial score (nSPS) is 22.5. The van der Waals surface area contributed by atoms with E-state index in [1.807, 2.05) is 24.3 Å². The zero-order valence-corrected chi connectivity index (χ0v) is 14.2. The Labute approximate surface area is 148 Å². The first-order valence-corrected chi connectivity index (χ1v) is 8.82. The number of halogens is 1. The second kappa shape index (κ2) is 6.07. The summed E-state index contributed by atoms with van der Waals surface area (Å²) in [6, 6.07) is 12.0. The molecule has 2 atom stereocenters. The summed E-state index contributed by atoms with van der Waals surface area (Å²) in [6.07, 6.45) is 0. The summed E-state index contributed by atoms with van der Waals surface area (Å²) in [7, 11) is 1.60. The maximum atomic E-state index is 13.1. The number of nitrogens with zero attached hydrogens (tertiary/aromatic N) is 2. The van der Waals surface area contributed by atoms with Crippen molar-refractivity contribution in [3.05, 3.63) is 59.9 Å². The van der Waals surface area contributed by atoms with Crippen molar-refractivity contribution >= 4 is 29.4 Å². The van der Waals surface area contributed by atoms with Crippen molar-refractivity contribution in [2.24, 2.45) is 0 Å². The molecule has 2 aromatic rings. The minimum absolute atomic E-state index is 0.224. The lowest BCUT2D eigenvalue weighted by Crippen LogP contribution is -2.33. The van der Waals surface area contributed by atoms with Crippen LogP contribution in [0.5, 0.6) is 5.75 Å². The Morgan fingerprint density at radius 3 is 2.40 bits per heavy atom. The van der Waals surface area contributed by atoms with Crippen molar-refractivity contribution < 1.29 is 18.7 Å². The number of rotatable bonds is 3. The van der Waals surface area contributed by atoms with E-state index in [4.69, 9.17) is 4.74 Å². The predicted molar refractivity (Wildman–Crippen MR) is 93.1 cm³/mol. The van der Waals surface area contributed by atoms with E-state index in [0.717, 1.165) is 16.2 Å². The summed E-state index contributed by atoms with van der Waals surface area (Å²) >= 11 is 1.56. The third-order valence-corrected chi connectivity index (χ3v) is 5.73. The molecule has 128 valence electrons. The molecular formula is C18H15FN2O3S. The van der Waals surface area contributed by atoms with E-state index >= 15 is 0 Å². The molecule has 2 saturated heterocycles. The number of carbonyl (C=O) groups is 2. The largest absolute Gasteiger partial charge is 0.497 e. The quantitative estimate of drug-likeness (QED) is 0.789. The van der Waals surface area contributed by atoms with Crippen LogP contribution in [0.3, 0.4) is 0 Å². The highest BCUT2D eigenvalue weighted by atomic mass is 32.2. The average molecular weight is 358 g/mol. The number of ether oxygens (including phenoxy) is 1. The Morgan fingerprint density at radius 2 is 1.76 bits per heavy atom. The van der Waals surface area contributed by atoms with Gasteiger partial charge in [-0.25, -0.2) is 14.1 Å². The smallest absolute Gasteiger partial charge is 0.333 e. The highest BCUT2D eigenvalue weighted by molar-refractivity contribution is 7.99. The van der Waals surface area contributed by atoms with Crippen molar-refractivity contribution in [2.45, 2.75) is 11.4 Å². The highest BCUT2D eigenvalue weighted by Crippen LogP contribution is 2.46. The SMILES string of the molecule is COc1ccc([C@H]2SC[C@H]3C(=O)N(c4ccc(F)cc4)C(=O)N23)cc1. The zero-order chi connectivity index (χ0) is 17.6. The molecule has 2 fully saturated rings. The number of benzene rings is 2. The van der Waals surface area contributed by atoms with E-state index in [2.05, 4.69) is 0 Å². The first-order valence-electron chi connectivity index (χ1n) is 7.77. The number of carbonyl (C=O) groups excluding carboxylic acids is 2. The van der Waals surface area contributed by atoms with Gasteiger partial charge in [0.2, 0.25) is 0 Å². The van der Waals surface area contributed by atoms with Crippen LogP contribution >= 0.6 is 11.8 Å². The summed E-state index contributed by atoms with van der Waals surface area (Å²) < 4.78 is 18.3. The Bertz CT molecular complexity index is 825. The number of methoxy groups -OCH3 is 1. The molecule has 5 nitrogen and oxygen atoms in total. The fourth-order valence-corrected chi connectivity index (χ4v) is 4.56. The third-order valence-electron chi connectivity index (χ3n) is 4.40. The molecule has 2 aromatic carbocycles. The molecule has 2 heterocycles. The van der Waals surface area contributed by atoms with Crippen molar-refractivity contribution in [3.63, 3.8) is 0 Å². The van der Waals surface area contributed by atoms with Crippen LogP contribution in [0.25, 0.3) is 0 Å². The second-order valence-corrected chi connectivity index (χ2v) is 6.93. The molecule has 0 aliphatic carbocycles. The molecule has 7 heteroatoms. The number of anilines is 1. The Kier molecular flexibility index (Phi) is 3.88. The maximum Gasteiger partial charge on any atom is 0.333 e. The first kappa shape index (κ1) is 16.0. The average Bonchev–Trinajstić information content (AvgIpc) is 3.17. The van der Waals surface area contributed by atoms with E-state index in [9.17, 15) is 14.0 Å². The molecule has 0 bridgehead atoms. The van der Waals surface area contributed by atoms with Crippen molar-refractivity contribution in [1.29, 1.82) is 0 Å². The van der Waals surface area contributed by atoms with Gasteiger partial charge in [-0.1, -0.05) is 12.1 Å². The topological polar surface area (TPSA) is 49.9 Å². The van der Waals surface area contributed by atoms with Gasteiger partial charge in [0.05, 0.1) is 12.8 Å². The Morgan fingerprint density at radius 1 is 1.08 bits per heavy atom. The molecule has 0 aromatic heterocycles. The van der Waals surface area contributed by atoms with E-state index < -0.39 is 11.9 Å². The highest BCUT2D eigenvalue weighted by Gasteiger charge is 2.53. The fraction of sp³-hybridized carbons (Fsp3) is 0.222. The van der Waals surface area contributed by atoms with Crippen molar-refractivity contribution in [3.8, 4) is 5.75 Å². The van der Waals surface area contributed by atoms with Crippen LogP contribution in [0, 0.1) is 5.82 Å². The number of fused-ring (bicyclic) bond motifs is 1. The summed E-state index contributed by atoms with van der Waals surface area (Å²) in [5.41, 5.74) is 1.33. The van der Waals surface area contributed by atoms with Gasteiger partial charge in [-0.15, -0.1) is 11.8 Å². The molecule has 0 radical (unpaired) electrons. The van der Waals surface area contributed by atoms with Crippen LogP contribution in [-0.2, 0) is 4.79 Å². The van der Waals surface area contributed by atoms with Crippen LogP contribution in [-0.4, -0.2) is 35.7 Å². The van der Waals surface area contributed by atoms with Crippen LogP contribution < -0.4 is 9.64 Å². The third kappa shape index (κ3) is 2.55. The summed E-state index contributed by atoms with van der Waals surface area (Å²) in [5.74, 6) is 0.606. The molecule has 0 saturated carbocycles. The van der Waals surface area contributed by atoms with Gasteiger partial charge in [0.1, 0.15) is 23.0 Å². The molecule has 0 N–H and O–H groups in total. The van der Waals surface area contributed by atoms with Gasteiger partial charge in [-0.05, 0) is 42.0 Å². The van der Waals surface area contributed by atoms with Gasteiger partial charge in [0, 0.05) is 5.75 Å². The van der Waals surface area contributed by atoms with Crippen molar-refractivity contribution in [1.82, 2.24) is 4.90 Å². The van der Waals surface area contributed by atoms with Gasteiger partial charge in [-0.3, -0.25) is 9.69 Å². The summed E-state index contributed by atoms with van der Waals surface area (Å²) in [6.45, 7) is 0. The van der Waals surface area contributed by atoms with Gasteiger partial charge >= 0.3 is 6.03 Å². The zero-order valence-electron chi connectivity index (χ0n) is 13.4. The van der Waals surface area contributed by atoms with Crippen LogP contribution in [0.15, 0.2) is 48.5 Å². The molecule has 0 unspecified atom stereocenters. The second-order valence-electron chi connectivity index (χ2n) is 5.81. The van der Waals surface area contributed by atoms with Gasteiger partial charge in [0.15, 0.2) is 0 Å². The van der Waals surface area contributed by atoms with E-state index in [1.165, 1.54) is 24.3 Å². The minimum atomic E-state index is -0.491. The first-order chi connectivity index (χ1) is 12.1. The van der Waals surface area contributed by atoms with Crippen LogP contribution in [0.4, 0.5) is 14.9 Å². The van der Waals surface area contributed by atoms with Crippen LogP contribution in [0.1, 0.15) is 10.9 Å². The lowest BCUT2D eigenvalue weighted by atomic mass is 10.2. The van der Waals surface area contributed by atoms with Gasteiger partial charge in [0.25, 0.3) is 5.91 Å². The number of hydrogen-bond donors (Lipinski definition) is 0. The number of amides is 3. The minimum Gasteiger partial charge on any atom is -0.497 e. The Balaban J connectivity index is 1.65. The number of thioether (sulfide) groups is 1. The Hall–Kier alpha value is -2.54. The number of imide groups is 1. The van der Waals surface area contributed by atoms with E-state index in [1.54, 1.807) is 23.8 Å². The lowest BCUT2D eigenvalue weighted by Gasteiger charge is -2.23. The van der Waals surface area contributed by atoms with Crippen molar-refractivity contribution in [2.75, 3.05) is 17.8 Å². The molecule has 0 spiro atoms. The predicted octanol–water partition coefficient (Wildman–Crippen LogP) is 3.42. The van der Waals surface area contributed by atoms with Gasteiger partial charge < -0.3 is 4.74 Å². The summed E-state index contributed by atoms with van der Waals surface area (Å²) in [4.78, 5) is 28.3. The standard InChI is InChI=1S/C18H15FN2O3S/c1-24-14-8-2-11(3-9-14)17-21-15(10-25-17)16(22)20(18(21)23)13-6-4-12(19)5-7-13/h2-9,15,17H,10H2,1H3/t15-,17+/m0/s1. The summed E-state index contributed by atoms with van der Waals surface area (Å²) in [5, 5.41) is -0.224. The molecule has 2 aliphatic rings. The number of hydrogen-bond acceptors (Lipinski definition) is 4. The molecule has 2 aliphatic heterocycles. The monoisotopic (exact) mass is 358 g/mol. The molecule has 4 rings (SSSR count). The molecule has 3 amide bonds. The molecule has 25 heavy (non-hydrogen) atoms. The van der Waals surface area contributed by atoms with E-state index in [0.29, 0.717) is 11.4 Å². The fourth-order valence-electron chi connectivity index (χ4n) is 3.14. The maximum absolute atomic E-state index is 13.1. The van der Waals surface area contributed by atoms with Gasteiger partial charge in [-0.2, -0.15) is 0 Å². The lowest BCUT2D eigenvalue weighted by molar-refractivity contribution is -0.119.